The lowest BCUT2D eigenvalue weighted by Gasteiger charge is -2.19. The molecule has 3 rings (SSSR count). The Labute approximate surface area is 169 Å². The predicted octanol–water partition coefficient (Wildman–Crippen LogP) is 4.88. The highest BCUT2D eigenvalue weighted by molar-refractivity contribution is 7.10. The zero-order valence-electron chi connectivity index (χ0n) is 16.0. The number of benzene rings is 2. The molecule has 1 aromatic heterocycles. The Kier molecular flexibility index (Phi) is 6.26. The molecule has 1 heterocycles. The average molecular weight is 393 g/mol. The normalized spacial score (nSPS) is 12.9. The number of amides is 2. The molecule has 0 radical (unpaired) electrons. The Hall–Kier alpha value is -2.92. The maximum Gasteiger partial charge on any atom is 0.252 e. The highest BCUT2D eigenvalue weighted by Crippen LogP contribution is 2.28. The van der Waals surface area contributed by atoms with Crippen molar-refractivity contribution >= 4 is 23.2 Å². The Morgan fingerprint density at radius 1 is 0.964 bits per heavy atom. The summed E-state index contributed by atoms with van der Waals surface area (Å²) in [7, 11) is 0. The third-order valence-corrected chi connectivity index (χ3v) is 5.92. The van der Waals surface area contributed by atoms with Crippen LogP contribution in [0.3, 0.4) is 0 Å². The average Bonchev–Trinajstić information content (AvgIpc) is 3.26. The van der Waals surface area contributed by atoms with Gasteiger partial charge in [0.2, 0.25) is 5.91 Å². The number of hydrogen-bond acceptors (Lipinski definition) is 3. The van der Waals surface area contributed by atoms with E-state index in [0.29, 0.717) is 17.0 Å². The van der Waals surface area contributed by atoms with E-state index in [2.05, 4.69) is 43.4 Å². The fourth-order valence-electron chi connectivity index (χ4n) is 3.03. The van der Waals surface area contributed by atoms with Crippen LogP contribution in [0.15, 0.2) is 66.0 Å². The first-order valence-corrected chi connectivity index (χ1v) is 10.2. The molecular weight excluding hydrogens is 368 g/mol. The first kappa shape index (κ1) is 19.8. The van der Waals surface area contributed by atoms with E-state index < -0.39 is 5.91 Å². The van der Waals surface area contributed by atoms with Crippen LogP contribution < -0.4 is 11.1 Å². The fourth-order valence-corrected chi connectivity index (χ4v) is 3.83. The molecule has 5 heteroatoms. The monoisotopic (exact) mass is 392 g/mol. The van der Waals surface area contributed by atoms with Crippen molar-refractivity contribution in [3.8, 4) is 0 Å². The van der Waals surface area contributed by atoms with E-state index in [0.717, 1.165) is 16.9 Å². The number of rotatable bonds is 7. The first-order valence-electron chi connectivity index (χ1n) is 9.33. The summed E-state index contributed by atoms with van der Waals surface area (Å²) in [5.41, 5.74) is 8.47. The van der Waals surface area contributed by atoms with Crippen molar-refractivity contribution in [2.24, 2.45) is 5.73 Å². The molecule has 0 aliphatic heterocycles. The molecule has 28 heavy (non-hydrogen) atoms. The van der Waals surface area contributed by atoms with Gasteiger partial charge in [-0.25, -0.2) is 0 Å². The van der Waals surface area contributed by atoms with Crippen LogP contribution in [0.25, 0.3) is 0 Å². The van der Waals surface area contributed by atoms with Crippen LogP contribution in [0.1, 0.15) is 68.9 Å². The number of nitrogens with one attached hydrogen (secondary N) is 1. The van der Waals surface area contributed by atoms with Gasteiger partial charge >= 0.3 is 0 Å². The van der Waals surface area contributed by atoms with Gasteiger partial charge in [-0.05, 0) is 59.2 Å². The van der Waals surface area contributed by atoms with Crippen LogP contribution in [0.5, 0.6) is 0 Å². The summed E-state index contributed by atoms with van der Waals surface area (Å²) >= 11 is 1.61. The van der Waals surface area contributed by atoms with Crippen LogP contribution in [-0.2, 0) is 0 Å². The molecule has 0 fully saturated rings. The molecular formula is C23H24N2O2S. The summed E-state index contributed by atoms with van der Waals surface area (Å²) in [5.74, 6) is -0.196. The predicted molar refractivity (Wildman–Crippen MR) is 114 cm³/mol. The van der Waals surface area contributed by atoms with Gasteiger partial charge in [0, 0.05) is 16.0 Å². The Morgan fingerprint density at radius 2 is 1.57 bits per heavy atom. The Balaban J connectivity index is 1.85. The molecule has 0 aliphatic carbocycles. The number of hydrogen-bond donors (Lipinski definition) is 2. The van der Waals surface area contributed by atoms with Gasteiger partial charge in [-0.15, -0.1) is 11.3 Å². The lowest BCUT2D eigenvalue weighted by molar-refractivity contribution is 0.0941. The van der Waals surface area contributed by atoms with Gasteiger partial charge in [0.25, 0.3) is 5.91 Å². The van der Waals surface area contributed by atoms with Crippen LogP contribution >= 0.6 is 11.3 Å². The van der Waals surface area contributed by atoms with E-state index in [1.165, 1.54) is 5.56 Å². The number of carbonyl (C=O) groups excluding carboxylic acids is 2. The van der Waals surface area contributed by atoms with Crippen LogP contribution in [-0.4, -0.2) is 11.8 Å². The summed E-state index contributed by atoms with van der Waals surface area (Å²) in [6, 6.07) is 18.6. The Bertz CT molecular complexity index is 932. The smallest absolute Gasteiger partial charge is 0.252 e. The van der Waals surface area contributed by atoms with Gasteiger partial charge in [0.1, 0.15) is 0 Å². The van der Waals surface area contributed by atoms with Crippen LogP contribution in [0.2, 0.25) is 0 Å². The number of carbonyl (C=O) groups is 2. The van der Waals surface area contributed by atoms with E-state index >= 15 is 0 Å². The highest BCUT2D eigenvalue weighted by Gasteiger charge is 2.19. The van der Waals surface area contributed by atoms with Crippen LogP contribution in [0.4, 0.5) is 0 Å². The quantitative estimate of drug-likeness (QED) is 0.601. The number of primary amides is 1. The minimum Gasteiger partial charge on any atom is -0.366 e. The summed E-state index contributed by atoms with van der Waals surface area (Å²) in [6.45, 7) is 4.39. The standard InChI is InChI=1S/C23H24N2O2S/c1-3-15(2)16-6-8-17(9-7-16)21(20-5-4-14-28-20)25-23(27)19-12-10-18(11-13-19)22(24)26/h4-15,21H,3H2,1-2H3,(H2,24,26)(H,25,27). The molecule has 2 aromatic carbocycles. The Morgan fingerprint density at radius 3 is 2.11 bits per heavy atom. The molecule has 0 spiro atoms. The van der Waals surface area contributed by atoms with Gasteiger partial charge in [-0.1, -0.05) is 44.2 Å². The molecule has 0 aliphatic rings. The van der Waals surface area contributed by atoms with Crippen molar-refractivity contribution in [2.75, 3.05) is 0 Å². The molecule has 0 bridgehead atoms. The van der Waals surface area contributed by atoms with Crippen molar-refractivity contribution in [1.82, 2.24) is 5.32 Å². The SMILES string of the molecule is CCC(C)c1ccc(C(NC(=O)c2ccc(C(N)=O)cc2)c2cccs2)cc1. The van der Waals surface area contributed by atoms with E-state index in [9.17, 15) is 9.59 Å². The van der Waals surface area contributed by atoms with Crippen molar-refractivity contribution in [3.05, 3.63) is 93.2 Å². The van der Waals surface area contributed by atoms with Gasteiger partial charge in [0.15, 0.2) is 0 Å². The van der Waals surface area contributed by atoms with Gasteiger partial charge < -0.3 is 11.1 Å². The minimum atomic E-state index is -0.509. The van der Waals surface area contributed by atoms with Gasteiger partial charge in [-0.2, -0.15) is 0 Å². The molecule has 2 atom stereocenters. The molecule has 4 nitrogen and oxygen atoms in total. The summed E-state index contributed by atoms with van der Waals surface area (Å²) in [5, 5.41) is 5.12. The number of thiophene rings is 1. The van der Waals surface area contributed by atoms with E-state index in [1.54, 1.807) is 35.6 Å². The second-order valence-electron chi connectivity index (χ2n) is 6.84. The molecule has 2 amide bonds. The maximum atomic E-state index is 12.8. The van der Waals surface area contributed by atoms with Gasteiger partial charge in [-0.3, -0.25) is 9.59 Å². The zero-order chi connectivity index (χ0) is 20.1. The third kappa shape index (κ3) is 4.49. The molecule has 0 saturated heterocycles. The summed E-state index contributed by atoms with van der Waals surface area (Å²) < 4.78 is 0. The summed E-state index contributed by atoms with van der Waals surface area (Å²) in [4.78, 5) is 25.1. The van der Waals surface area contributed by atoms with Gasteiger partial charge in [0.05, 0.1) is 6.04 Å². The van der Waals surface area contributed by atoms with E-state index in [4.69, 9.17) is 5.73 Å². The fraction of sp³-hybridized carbons (Fsp3) is 0.217. The van der Waals surface area contributed by atoms with E-state index in [-0.39, 0.29) is 11.9 Å². The topological polar surface area (TPSA) is 72.2 Å². The van der Waals surface area contributed by atoms with Crippen molar-refractivity contribution in [3.63, 3.8) is 0 Å². The molecule has 3 N–H and O–H groups in total. The van der Waals surface area contributed by atoms with Crippen molar-refractivity contribution in [2.45, 2.75) is 32.2 Å². The largest absolute Gasteiger partial charge is 0.366 e. The lowest BCUT2D eigenvalue weighted by atomic mass is 9.95. The zero-order valence-corrected chi connectivity index (χ0v) is 16.8. The lowest BCUT2D eigenvalue weighted by Crippen LogP contribution is -2.29. The summed E-state index contributed by atoms with van der Waals surface area (Å²) in [6.07, 6.45) is 1.09. The molecule has 3 aromatic rings. The highest BCUT2D eigenvalue weighted by atomic mass is 32.1. The second-order valence-corrected chi connectivity index (χ2v) is 7.82. The van der Waals surface area contributed by atoms with Crippen molar-refractivity contribution < 1.29 is 9.59 Å². The third-order valence-electron chi connectivity index (χ3n) is 4.99. The second kappa shape index (κ2) is 8.85. The first-order chi connectivity index (χ1) is 13.5. The molecule has 0 saturated carbocycles. The molecule has 2 unspecified atom stereocenters. The maximum absolute atomic E-state index is 12.8. The number of nitrogens with two attached hydrogens (primary N) is 1. The van der Waals surface area contributed by atoms with Crippen molar-refractivity contribution in [1.29, 1.82) is 0 Å². The van der Waals surface area contributed by atoms with E-state index in [1.807, 2.05) is 17.5 Å². The molecule has 144 valence electrons. The minimum absolute atomic E-state index is 0.194. The van der Waals surface area contributed by atoms with Crippen LogP contribution in [0, 0.1) is 0 Å².